The fourth-order valence-electron chi connectivity index (χ4n) is 2.47. The fraction of sp³-hybridized carbons (Fsp3) is 0.421. The van der Waals surface area contributed by atoms with E-state index in [2.05, 4.69) is 26.0 Å². The number of halogens is 1. The molecule has 28 heavy (non-hydrogen) atoms. The van der Waals surface area contributed by atoms with E-state index < -0.39 is 5.97 Å². The Bertz CT molecular complexity index is 795. The summed E-state index contributed by atoms with van der Waals surface area (Å²) in [6, 6.07) is 5.38. The average Bonchev–Trinajstić information content (AvgIpc) is 3.10. The van der Waals surface area contributed by atoms with Crippen molar-refractivity contribution in [2.24, 2.45) is 4.99 Å². The van der Waals surface area contributed by atoms with E-state index >= 15 is 0 Å². The number of esters is 1. The molecule has 0 aliphatic carbocycles. The Labute approximate surface area is 187 Å². The van der Waals surface area contributed by atoms with Crippen molar-refractivity contribution in [2.75, 3.05) is 27.3 Å². The molecule has 0 aliphatic rings. The zero-order chi connectivity index (χ0) is 19.6. The second-order valence-corrected chi connectivity index (χ2v) is 6.82. The number of guanidine groups is 1. The van der Waals surface area contributed by atoms with Gasteiger partial charge in [-0.1, -0.05) is 6.07 Å². The van der Waals surface area contributed by atoms with Crippen LogP contribution in [0.5, 0.6) is 5.75 Å². The van der Waals surface area contributed by atoms with Crippen molar-refractivity contribution < 1.29 is 14.3 Å². The Morgan fingerprint density at radius 3 is 2.68 bits per heavy atom. The molecule has 7 nitrogen and oxygen atoms in total. The van der Waals surface area contributed by atoms with Gasteiger partial charge in [0.2, 0.25) is 0 Å². The molecule has 9 heteroatoms. The molecule has 0 unspecified atom stereocenters. The van der Waals surface area contributed by atoms with Crippen LogP contribution in [0.3, 0.4) is 0 Å². The first kappa shape index (κ1) is 24.2. The Morgan fingerprint density at radius 2 is 2.07 bits per heavy atom. The summed E-state index contributed by atoms with van der Waals surface area (Å²) in [5, 5.41) is 9.68. The number of thiazole rings is 1. The van der Waals surface area contributed by atoms with E-state index in [1.165, 1.54) is 14.2 Å². The van der Waals surface area contributed by atoms with Crippen LogP contribution in [0.25, 0.3) is 0 Å². The second-order valence-electron chi connectivity index (χ2n) is 5.76. The van der Waals surface area contributed by atoms with Crippen molar-refractivity contribution in [3.05, 3.63) is 45.4 Å². The summed E-state index contributed by atoms with van der Waals surface area (Å²) in [5.74, 6) is 0.777. The lowest BCUT2D eigenvalue weighted by Crippen LogP contribution is -2.38. The van der Waals surface area contributed by atoms with E-state index in [0.717, 1.165) is 41.7 Å². The maximum Gasteiger partial charge on any atom is 0.341 e. The average molecular weight is 518 g/mol. The molecule has 0 bridgehead atoms. The first-order valence-corrected chi connectivity index (χ1v) is 9.63. The number of aryl methyl sites for hydroxylation is 1. The zero-order valence-corrected chi connectivity index (χ0v) is 19.7. The maximum absolute atomic E-state index is 11.9. The van der Waals surface area contributed by atoms with E-state index in [-0.39, 0.29) is 24.0 Å². The first-order valence-electron chi connectivity index (χ1n) is 8.75. The standard InChI is InChI=1S/C19H26N4O3S.HI/c1-5-20-19(21-9-8-15-12-27-13(2)23-15)22-11-14-6-7-17(25-3)16(10-14)18(24)26-4;/h6-7,10,12H,5,8-9,11H2,1-4H3,(H2,20,21,22);1H. The van der Waals surface area contributed by atoms with Crippen molar-refractivity contribution in [3.63, 3.8) is 0 Å². The predicted molar refractivity (Wildman–Crippen MR) is 123 cm³/mol. The number of carbonyl (C=O) groups excluding carboxylic acids is 1. The van der Waals surface area contributed by atoms with Crippen LogP contribution in [0.4, 0.5) is 0 Å². The van der Waals surface area contributed by atoms with Gasteiger partial charge in [-0.25, -0.2) is 14.8 Å². The van der Waals surface area contributed by atoms with Crippen molar-refractivity contribution in [3.8, 4) is 5.75 Å². The number of ether oxygens (including phenoxy) is 2. The molecule has 0 spiro atoms. The van der Waals surface area contributed by atoms with Gasteiger partial charge in [0.25, 0.3) is 0 Å². The van der Waals surface area contributed by atoms with Crippen molar-refractivity contribution in [1.82, 2.24) is 15.6 Å². The predicted octanol–water partition coefficient (Wildman–Crippen LogP) is 3.16. The van der Waals surface area contributed by atoms with Gasteiger partial charge in [0.05, 0.1) is 31.5 Å². The molecule has 0 saturated carbocycles. The summed E-state index contributed by atoms with van der Waals surface area (Å²) in [5.41, 5.74) is 2.37. The Hall–Kier alpha value is -1.88. The van der Waals surface area contributed by atoms with E-state index in [9.17, 15) is 4.79 Å². The normalized spacial score (nSPS) is 10.8. The third-order valence-corrected chi connectivity index (χ3v) is 4.60. The Kier molecular flexibility index (Phi) is 10.8. The van der Waals surface area contributed by atoms with Gasteiger partial charge in [-0.3, -0.25) is 0 Å². The van der Waals surface area contributed by atoms with Gasteiger partial charge in [-0.2, -0.15) is 0 Å². The monoisotopic (exact) mass is 518 g/mol. The highest BCUT2D eigenvalue weighted by Crippen LogP contribution is 2.21. The SMILES string of the molecule is CCNC(=NCc1ccc(OC)c(C(=O)OC)c1)NCCc1csc(C)n1.I. The van der Waals surface area contributed by atoms with Crippen LogP contribution in [0.15, 0.2) is 28.6 Å². The van der Waals surface area contributed by atoms with E-state index in [1.807, 2.05) is 19.9 Å². The van der Waals surface area contributed by atoms with Gasteiger partial charge in [-0.15, -0.1) is 35.3 Å². The molecule has 0 amide bonds. The Morgan fingerprint density at radius 1 is 1.29 bits per heavy atom. The van der Waals surface area contributed by atoms with Gasteiger partial charge in [0.1, 0.15) is 11.3 Å². The molecule has 1 aromatic carbocycles. The third-order valence-electron chi connectivity index (χ3n) is 3.77. The quantitative estimate of drug-likeness (QED) is 0.242. The number of nitrogens with zero attached hydrogens (tertiary/aromatic N) is 2. The highest BCUT2D eigenvalue weighted by Gasteiger charge is 2.13. The molecular formula is C19H27IN4O3S. The van der Waals surface area contributed by atoms with E-state index in [0.29, 0.717) is 17.9 Å². The molecule has 1 aromatic heterocycles. The van der Waals surface area contributed by atoms with Gasteiger partial charge in [0.15, 0.2) is 5.96 Å². The molecule has 0 atom stereocenters. The summed E-state index contributed by atoms with van der Waals surface area (Å²) in [6.07, 6.45) is 0.837. The molecule has 2 N–H and O–H groups in total. The lowest BCUT2D eigenvalue weighted by molar-refractivity contribution is 0.0597. The van der Waals surface area contributed by atoms with Crippen LogP contribution in [0.2, 0.25) is 0 Å². The molecular weight excluding hydrogens is 491 g/mol. The minimum atomic E-state index is -0.429. The number of aliphatic imine (C=N–C) groups is 1. The minimum Gasteiger partial charge on any atom is -0.496 e. The fourth-order valence-corrected chi connectivity index (χ4v) is 3.11. The lowest BCUT2D eigenvalue weighted by atomic mass is 10.1. The number of benzene rings is 1. The number of nitrogens with one attached hydrogen (secondary N) is 2. The van der Waals surface area contributed by atoms with Crippen molar-refractivity contribution in [1.29, 1.82) is 0 Å². The number of hydrogen-bond donors (Lipinski definition) is 2. The van der Waals surface area contributed by atoms with Gasteiger partial charge in [0, 0.05) is 24.9 Å². The van der Waals surface area contributed by atoms with Crippen LogP contribution < -0.4 is 15.4 Å². The van der Waals surface area contributed by atoms with Gasteiger partial charge >= 0.3 is 5.97 Å². The lowest BCUT2D eigenvalue weighted by Gasteiger charge is -2.11. The zero-order valence-electron chi connectivity index (χ0n) is 16.6. The smallest absolute Gasteiger partial charge is 0.341 e. The molecule has 1 heterocycles. The van der Waals surface area contributed by atoms with Crippen molar-refractivity contribution >= 4 is 47.2 Å². The number of hydrogen-bond acceptors (Lipinski definition) is 6. The van der Waals surface area contributed by atoms with Crippen LogP contribution >= 0.6 is 35.3 Å². The molecule has 0 aliphatic heterocycles. The number of carbonyl (C=O) groups is 1. The largest absolute Gasteiger partial charge is 0.496 e. The molecule has 154 valence electrons. The Balaban J connectivity index is 0.00000392. The summed E-state index contributed by atoms with van der Waals surface area (Å²) in [7, 11) is 2.88. The second kappa shape index (κ2) is 12.6. The van der Waals surface area contributed by atoms with Gasteiger partial charge in [-0.05, 0) is 31.5 Å². The van der Waals surface area contributed by atoms with Crippen LogP contribution in [0.1, 0.15) is 33.5 Å². The first-order chi connectivity index (χ1) is 13.1. The highest BCUT2D eigenvalue weighted by molar-refractivity contribution is 14.0. The topological polar surface area (TPSA) is 84.8 Å². The molecule has 2 rings (SSSR count). The molecule has 0 radical (unpaired) electrons. The summed E-state index contributed by atoms with van der Waals surface area (Å²) in [6.45, 7) is 5.95. The van der Waals surface area contributed by atoms with Crippen LogP contribution in [-0.2, 0) is 17.7 Å². The van der Waals surface area contributed by atoms with E-state index in [1.54, 1.807) is 23.5 Å². The molecule has 0 saturated heterocycles. The van der Waals surface area contributed by atoms with Crippen LogP contribution in [0, 0.1) is 6.92 Å². The van der Waals surface area contributed by atoms with E-state index in [4.69, 9.17) is 9.47 Å². The number of rotatable bonds is 8. The molecule has 0 fully saturated rings. The molecule has 2 aromatic rings. The third kappa shape index (κ3) is 7.27. The maximum atomic E-state index is 11.9. The van der Waals surface area contributed by atoms with Gasteiger partial charge < -0.3 is 20.1 Å². The highest BCUT2D eigenvalue weighted by atomic mass is 127. The van der Waals surface area contributed by atoms with Crippen LogP contribution in [-0.4, -0.2) is 44.2 Å². The minimum absolute atomic E-state index is 0. The summed E-state index contributed by atoms with van der Waals surface area (Å²) in [4.78, 5) is 20.9. The summed E-state index contributed by atoms with van der Waals surface area (Å²) < 4.78 is 10.0. The summed E-state index contributed by atoms with van der Waals surface area (Å²) >= 11 is 1.66. The number of aromatic nitrogens is 1. The number of methoxy groups -OCH3 is 2. The van der Waals surface area contributed by atoms with Crippen molar-refractivity contribution in [2.45, 2.75) is 26.8 Å².